The summed E-state index contributed by atoms with van der Waals surface area (Å²) in [5.74, 6) is 0.726. The molecule has 0 radical (unpaired) electrons. The van der Waals surface area contributed by atoms with Gasteiger partial charge in [0.1, 0.15) is 5.82 Å². The maximum atomic E-state index is 11.7. The van der Waals surface area contributed by atoms with Crippen molar-refractivity contribution in [2.24, 2.45) is 0 Å². The number of aliphatic hydroxyl groups is 1. The second-order valence-corrected chi connectivity index (χ2v) is 4.92. The number of nitrogens with one attached hydrogen (secondary N) is 2. The van der Waals surface area contributed by atoms with Crippen LogP contribution in [0.25, 0.3) is 0 Å². The van der Waals surface area contributed by atoms with Crippen molar-refractivity contribution in [1.29, 1.82) is 0 Å². The number of carbonyl (C=O) groups is 1. The summed E-state index contributed by atoms with van der Waals surface area (Å²) < 4.78 is 0. The Labute approximate surface area is 129 Å². The number of aryl methyl sites for hydroxylation is 1. The first-order valence-corrected chi connectivity index (χ1v) is 7.25. The van der Waals surface area contributed by atoms with E-state index >= 15 is 0 Å². The molecule has 0 aliphatic heterocycles. The van der Waals surface area contributed by atoms with Crippen LogP contribution in [0.4, 0.5) is 10.5 Å². The number of aliphatic hydroxyl groups excluding tert-OH is 1. The van der Waals surface area contributed by atoms with Gasteiger partial charge in [0.15, 0.2) is 0 Å². The number of hydrogen-bond acceptors (Lipinski definition) is 4. The molecule has 0 spiro atoms. The van der Waals surface area contributed by atoms with Gasteiger partial charge < -0.3 is 15.7 Å². The Morgan fingerprint density at radius 3 is 2.55 bits per heavy atom. The van der Waals surface area contributed by atoms with Gasteiger partial charge in [0, 0.05) is 19.4 Å². The van der Waals surface area contributed by atoms with Crippen LogP contribution in [0, 0.1) is 0 Å². The molecule has 2 aromatic rings. The monoisotopic (exact) mass is 300 g/mol. The summed E-state index contributed by atoms with van der Waals surface area (Å²) in [6.07, 6.45) is 3.73. The Hall–Kier alpha value is -2.47. The molecule has 1 unspecified atom stereocenters. The van der Waals surface area contributed by atoms with E-state index < -0.39 is 6.10 Å². The quantitative estimate of drug-likeness (QED) is 0.758. The van der Waals surface area contributed by atoms with Crippen LogP contribution in [0.5, 0.6) is 0 Å². The lowest BCUT2D eigenvalue weighted by molar-refractivity contribution is 0.172. The van der Waals surface area contributed by atoms with E-state index in [4.69, 9.17) is 0 Å². The van der Waals surface area contributed by atoms with E-state index in [-0.39, 0.29) is 12.6 Å². The highest BCUT2D eigenvalue weighted by Gasteiger charge is 2.08. The largest absolute Gasteiger partial charge is 0.391 e. The number of urea groups is 1. The van der Waals surface area contributed by atoms with Gasteiger partial charge in [0.05, 0.1) is 24.2 Å². The first kappa shape index (κ1) is 15.9. The summed E-state index contributed by atoms with van der Waals surface area (Å²) in [7, 11) is 0. The molecule has 2 amide bonds. The average Bonchev–Trinajstić information content (AvgIpc) is 2.55. The second-order valence-electron chi connectivity index (χ2n) is 4.92. The third-order valence-corrected chi connectivity index (χ3v) is 3.09. The SMILES string of the molecule is CCc1ncc(NC(=O)NCC(O)Cc2ccccc2)cn1. The van der Waals surface area contributed by atoms with Crippen molar-refractivity contribution in [3.8, 4) is 0 Å². The molecular weight excluding hydrogens is 280 g/mol. The number of rotatable bonds is 6. The van der Waals surface area contributed by atoms with E-state index in [1.807, 2.05) is 37.3 Å². The Morgan fingerprint density at radius 1 is 1.23 bits per heavy atom. The van der Waals surface area contributed by atoms with Crippen molar-refractivity contribution >= 4 is 11.7 Å². The molecule has 1 aromatic heterocycles. The molecule has 6 nitrogen and oxygen atoms in total. The van der Waals surface area contributed by atoms with E-state index in [2.05, 4.69) is 20.6 Å². The molecule has 0 aliphatic carbocycles. The van der Waals surface area contributed by atoms with E-state index in [1.54, 1.807) is 12.4 Å². The highest BCUT2D eigenvalue weighted by atomic mass is 16.3. The maximum absolute atomic E-state index is 11.7. The predicted octanol–water partition coefficient (Wildman–Crippen LogP) is 1.76. The molecule has 6 heteroatoms. The summed E-state index contributed by atoms with van der Waals surface area (Å²) in [5, 5.41) is 15.2. The number of nitrogens with zero attached hydrogens (tertiary/aromatic N) is 2. The van der Waals surface area contributed by atoms with Crippen LogP contribution in [0.15, 0.2) is 42.7 Å². The number of hydrogen-bond donors (Lipinski definition) is 3. The van der Waals surface area contributed by atoms with Gasteiger partial charge in [-0.3, -0.25) is 0 Å². The van der Waals surface area contributed by atoms with E-state index in [0.717, 1.165) is 17.8 Å². The zero-order chi connectivity index (χ0) is 15.8. The van der Waals surface area contributed by atoms with Crippen molar-refractivity contribution < 1.29 is 9.90 Å². The molecule has 1 aromatic carbocycles. The minimum Gasteiger partial charge on any atom is -0.391 e. The normalized spacial score (nSPS) is 11.7. The number of benzene rings is 1. The lowest BCUT2D eigenvalue weighted by Crippen LogP contribution is -2.36. The number of carbonyl (C=O) groups excluding carboxylic acids is 1. The summed E-state index contributed by atoms with van der Waals surface area (Å²) in [6.45, 7) is 2.14. The first-order chi connectivity index (χ1) is 10.7. The predicted molar refractivity (Wildman–Crippen MR) is 84.6 cm³/mol. The fraction of sp³-hybridized carbons (Fsp3) is 0.312. The second kappa shape index (κ2) is 8.09. The van der Waals surface area contributed by atoms with E-state index in [9.17, 15) is 9.90 Å². The number of anilines is 1. The summed E-state index contributed by atoms with van der Waals surface area (Å²) in [4.78, 5) is 19.9. The van der Waals surface area contributed by atoms with Gasteiger partial charge in [0.2, 0.25) is 0 Å². The topological polar surface area (TPSA) is 87.1 Å². The molecule has 1 heterocycles. The molecule has 22 heavy (non-hydrogen) atoms. The standard InChI is InChI=1S/C16H20N4O2/c1-2-15-17-9-13(10-18-15)20-16(22)19-11-14(21)8-12-6-4-3-5-7-12/h3-7,9-10,14,21H,2,8,11H2,1H3,(H2,19,20,22). The van der Waals surface area contributed by atoms with Crippen LogP contribution in [-0.4, -0.2) is 33.8 Å². The minimum atomic E-state index is -0.633. The van der Waals surface area contributed by atoms with Gasteiger partial charge in [-0.25, -0.2) is 14.8 Å². The summed E-state index contributed by atoms with van der Waals surface area (Å²) >= 11 is 0. The summed E-state index contributed by atoms with van der Waals surface area (Å²) in [6, 6.07) is 9.25. The molecular formula is C16H20N4O2. The maximum Gasteiger partial charge on any atom is 0.319 e. The average molecular weight is 300 g/mol. The van der Waals surface area contributed by atoms with Crippen molar-refractivity contribution in [1.82, 2.24) is 15.3 Å². The van der Waals surface area contributed by atoms with E-state index in [1.165, 1.54) is 0 Å². The summed E-state index contributed by atoms with van der Waals surface area (Å²) in [5.41, 5.74) is 1.55. The Morgan fingerprint density at radius 2 is 1.91 bits per heavy atom. The Kier molecular flexibility index (Phi) is 5.85. The molecule has 116 valence electrons. The van der Waals surface area contributed by atoms with Crippen molar-refractivity contribution in [2.45, 2.75) is 25.9 Å². The molecule has 0 fully saturated rings. The smallest absolute Gasteiger partial charge is 0.319 e. The first-order valence-electron chi connectivity index (χ1n) is 7.25. The molecule has 0 bridgehead atoms. The van der Waals surface area contributed by atoms with Crippen LogP contribution in [0.2, 0.25) is 0 Å². The zero-order valence-electron chi connectivity index (χ0n) is 12.5. The van der Waals surface area contributed by atoms with Crippen LogP contribution in [-0.2, 0) is 12.8 Å². The lowest BCUT2D eigenvalue weighted by Gasteiger charge is -2.12. The zero-order valence-corrected chi connectivity index (χ0v) is 12.5. The molecule has 3 N–H and O–H groups in total. The van der Waals surface area contributed by atoms with Crippen molar-refractivity contribution in [2.75, 3.05) is 11.9 Å². The van der Waals surface area contributed by atoms with E-state index in [0.29, 0.717) is 12.1 Å². The third-order valence-electron chi connectivity index (χ3n) is 3.09. The van der Waals surface area contributed by atoms with Gasteiger partial charge in [-0.2, -0.15) is 0 Å². The van der Waals surface area contributed by atoms with Crippen LogP contribution >= 0.6 is 0 Å². The van der Waals surface area contributed by atoms with Gasteiger partial charge >= 0.3 is 6.03 Å². The lowest BCUT2D eigenvalue weighted by atomic mass is 10.1. The molecule has 0 saturated heterocycles. The van der Waals surface area contributed by atoms with Crippen LogP contribution < -0.4 is 10.6 Å². The molecule has 1 atom stereocenters. The van der Waals surface area contributed by atoms with Gasteiger partial charge in [-0.05, 0) is 5.56 Å². The molecule has 0 aliphatic rings. The molecule has 2 rings (SSSR count). The highest BCUT2D eigenvalue weighted by Crippen LogP contribution is 2.04. The Bertz CT molecular complexity index is 587. The van der Waals surface area contributed by atoms with Crippen LogP contribution in [0.1, 0.15) is 18.3 Å². The van der Waals surface area contributed by atoms with Gasteiger partial charge in [-0.1, -0.05) is 37.3 Å². The fourth-order valence-corrected chi connectivity index (χ4v) is 1.95. The number of aromatic nitrogens is 2. The van der Waals surface area contributed by atoms with Gasteiger partial charge in [0.25, 0.3) is 0 Å². The van der Waals surface area contributed by atoms with Crippen LogP contribution in [0.3, 0.4) is 0 Å². The van der Waals surface area contributed by atoms with Crippen molar-refractivity contribution in [3.05, 3.63) is 54.1 Å². The Balaban J connectivity index is 1.74. The third kappa shape index (κ3) is 5.14. The number of amides is 2. The molecule has 0 saturated carbocycles. The minimum absolute atomic E-state index is 0.175. The fourth-order valence-electron chi connectivity index (χ4n) is 1.95. The van der Waals surface area contributed by atoms with Gasteiger partial charge in [-0.15, -0.1) is 0 Å². The highest BCUT2D eigenvalue weighted by molar-refractivity contribution is 5.88. The van der Waals surface area contributed by atoms with Crippen molar-refractivity contribution in [3.63, 3.8) is 0 Å².